The lowest BCUT2D eigenvalue weighted by Gasteiger charge is -2.37. The van der Waals surface area contributed by atoms with Gasteiger partial charge in [0.05, 0.1) is 11.5 Å². The van der Waals surface area contributed by atoms with Crippen molar-refractivity contribution in [3.05, 3.63) is 0 Å². The molecule has 0 saturated carbocycles. The number of rotatable bonds is 2. The lowest BCUT2D eigenvalue weighted by atomic mass is 9.77. The highest BCUT2D eigenvalue weighted by atomic mass is 16.2. The van der Waals surface area contributed by atoms with E-state index >= 15 is 0 Å². The minimum atomic E-state index is -0.506. The van der Waals surface area contributed by atoms with Gasteiger partial charge in [0.15, 0.2) is 0 Å². The number of hydrogen-bond acceptors (Lipinski definition) is 3. The molecule has 2 aliphatic heterocycles. The van der Waals surface area contributed by atoms with Crippen LogP contribution in [0.25, 0.3) is 0 Å². The molecule has 4 heteroatoms. The second-order valence-electron chi connectivity index (χ2n) is 6.27. The van der Waals surface area contributed by atoms with E-state index in [1.165, 1.54) is 0 Å². The van der Waals surface area contributed by atoms with Crippen LogP contribution in [0.15, 0.2) is 0 Å². The Morgan fingerprint density at radius 1 is 1.39 bits per heavy atom. The summed E-state index contributed by atoms with van der Waals surface area (Å²) in [4.78, 5) is 26.4. The summed E-state index contributed by atoms with van der Waals surface area (Å²) in [5.74, 6) is 0.241. The first-order valence-electron chi connectivity index (χ1n) is 6.98. The molecule has 0 aromatic heterocycles. The molecule has 3 atom stereocenters. The van der Waals surface area contributed by atoms with Crippen molar-refractivity contribution in [3.63, 3.8) is 0 Å². The molecule has 2 heterocycles. The van der Waals surface area contributed by atoms with Gasteiger partial charge in [0.25, 0.3) is 0 Å². The monoisotopic (exact) mass is 252 g/mol. The topological polar surface area (TPSA) is 49.4 Å². The average Bonchev–Trinajstić information content (AvgIpc) is 2.53. The van der Waals surface area contributed by atoms with Crippen LogP contribution in [0.4, 0.5) is 0 Å². The fourth-order valence-electron chi connectivity index (χ4n) is 3.03. The van der Waals surface area contributed by atoms with E-state index in [2.05, 4.69) is 12.2 Å². The van der Waals surface area contributed by atoms with E-state index in [0.29, 0.717) is 6.42 Å². The Morgan fingerprint density at radius 3 is 2.56 bits per heavy atom. The van der Waals surface area contributed by atoms with Crippen LogP contribution in [-0.4, -0.2) is 35.3 Å². The minimum Gasteiger partial charge on any atom is -0.312 e. The van der Waals surface area contributed by atoms with Crippen molar-refractivity contribution >= 4 is 11.8 Å². The van der Waals surface area contributed by atoms with E-state index in [1.807, 2.05) is 20.8 Å². The molecular formula is C14H24N2O2. The van der Waals surface area contributed by atoms with E-state index in [4.69, 9.17) is 0 Å². The predicted octanol–water partition coefficient (Wildman–Crippen LogP) is 1.55. The quantitative estimate of drug-likeness (QED) is 0.759. The predicted molar refractivity (Wildman–Crippen MR) is 69.9 cm³/mol. The van der Waals surface area contributed by atoms with E-state index in [0.717, 1.165) is 19.4 Å². The summed E-state index contributed by atoms with van der Waals surface area (Å²) in [6.07, 6.45) is 2.33. The molecule has 2 amide bonds. The van der Waals surface area contributed by atoms with Crippen LogP contribution >= 0.6 is 0 Å². The number of piperidine rings is 1. The maximum atomic E-state index is 12.6. The maximum absolute atomic E-state index is 12.6. The molecule has 3 unspecified atom stereocenters. The van der Waals surface area contributed by atoms with Gasteiger partial charge in [-0.3, -0.25) is 14.5 Å². The Labute approximate surface area is 109 Å². The highest BCUT2D eigenvalue weighted by Crippen LogP contribution is 2.41. The van der Waals surface area contributed by atoms with Crippen molar-refractivity contribution in [3.8, 4) is 0 Å². The van der Waals surface area contributed by atoms with Gasteiger partial charge in [-0.1, -0.05) is 13.8 Å². The van der Waals surface area contributed by atoms with Crippen LogP contribution in [0.2, 0.25) is 0 Å². The van der Waals surface area contributed by atoms with Crippen LogP contribution in [0.3, 0.4) is 0 Å². The summed E-state index contributed by atoms with van der Waals surface area (Å²) in [5.41, 5.74) is -0.506. The fourth-order valence-corrected chi connectivity index (χ4v) is 3.03. The number of amides is 2. The molecule has 1 N–H and O–H groups in total. The number of nitrogens with one attached hydrogen (secondary N) is 1. The van der Waals surface area contributed by atoms with Gasteiger partial charge in [-0.25, -0.2) is 0 Å². The summed E-state index contributed by atoms with van der Waals surface area (Å²) < 4.78 is 0. The zero-order valence-electron chi connectivity index (χ0n) is 11.8. The summed E-state index contributed by atoms with van der Waals surface area (Å²) in [6.45, 7) is 9.03. The van der Waals surface area contributed by atoms with Gasteiger partial charge in [-0.05, 0) is 39.2 Å². The molecule has 4 nitrogen and oxygen atoms in total. The number of carbonyl (C=O) groups is 2. The smallest absolute Gasteiger partial charge is 0.236 e. The van der Waals surface area contributed by atoms with Crippen molar-refractivity contribution in [1.82, 2.24) is 10.2 Å². The lowest BCUT2D eigenvalue weighted by Crippen LogP contribution is -2.55. The summed E-state index contributed by atoms with van der Waals surface area (Å²) >= 11 is 0. The third-order valence-corrected chi connectivity index (χ3v) is 4.82. The first-order valence-corrected chi connectivity index (χ1v) is 6.98. The third kappa shape index (κ3) is 1.96. The van der Waals surface area contributed by atoms with Gasteiger partial charge < -0.3 is 5.32 Å². The van der Waals surface area contributed by atoms with Crippen molar-refractivity contribution in [1.29, 1.82) is 0 Å². The molecule has 0 spiro atoms. The Kier molecular flexibility index (Phi) is 3.49. The molecular weight excluding hydrogens is 228 g/mol. The molecule has 2 fully saturated rings. The fraction of sp³-hybridized carbons (Fsp3) is 0.857. The summed E-state index contributed by atoms with van der Waals surface area (Å²) in [7, 11) is 0. The Bertz CT molecular complexity index is 367. The average molecular weight is 252 g/mol. The molecule has 2 aliphatic rings. The van der Waals surface area contributed by atoms with E-state index < -0.39 is 5.41 Å². The zero-order valence-corrected chi connectivity index (χ0v) is 11.8. The second-order valence-corrected chi connectivity index (χ2v) is 6.27. The number of hydrogen-bond donors (Lipinski definition) is 1. The van der Waals surface area contributed by atoms with Crippen LogP contribution in [-0.2, 0) is 9.59 Å². The number of imide groups is 1. The van der Waals surface area contributed by atoms with Gasteiger partial charge in [-0.15, -0.1) is 0 Å². The Morgan fingerprint density at radius 2 is 2.06 bits per heavy atom. The van der Waals surface area contributed by atoms with E-state index in [-0.39, 0.29) is 29.8 Å². The number of nitrogens with zero attached hydrogens (tertiary/aromatic N) is 1. The first-order chi connectivity index (χ1) is 8.38. The van der Waals surface area contributed by atoms with Gasteiger partial charge >= 0.3 is 0 Å². The van der Waals surface area contributed by atoms with E-state index in [9.17, 15) is 9.59 Å². The molecule has 102 valence electrons. The lowest BCUT2D eigenvalue weighted by molar-refractivity contribution is -0.145. The largest absolute Gasteiger partial charge is 0.312 e. The SMILES string of the molecule is CC1NCCCC1N1C(=O)CC(C)(C(C)C)C1=O. The van der Waals surface area contributed by atoms with Crippen molar-refractivity contribution in [2.24, 2.45) is 11.3 Å². The van der Waals surface area contributed by atoms with Gasteiger partial charge in [-0.2, -0.15) is 0 Å². The van der Waals surface area contributed by atoms with Crippen molar-refractivity contribution in [2.75, 3.05) is 6.54 Å². The highest BCUT2D eigenvalue weighted by molar-refractivity contribution is 6.06. The molecule has 0 aromatic rings. The molecule has 2 rings (SSSR count). The first kappa shape index (κ1) is 13.5. The van der Waals surface area contributed by atoms with E-state index in [1.54, 1.807) is 4.90 Å². The Balaban J connectivity index is 2.24. The molecule has 0 radical (unpaired) electrons. The maximum Gasteiger partial charge on any atom is 0.236 e. The minimum absolute atomic E-state index is 0.0109. The molecule has 0 aliphatic carbocycles. The van der Waals surface area contributed by atoms with Crippen molar-refractivity contribution < 1.29 is 9.59 Å². The standard InChI is InChI=1S/C14H24N2O2/c1-9(2)14(4)8-12(17)16(13(14)18)11-6-5-7-15-10(11)3/h9-11,15H,5-8H2,1-4H3. The molecule has 2 saturated heterocycles. The normalized spacial score (nSPS) is 37.7. The van der Waals surface area contributed by atoms with Gasteiger partial charge in [0, 0.05) is 12.5 Å². The van der Waals surface area contributed by atoms with Crippen LogP contribution in [0, 0.1) is 11.3 Å². The summed E-state index contributed by atoms with van der Waals surface area (Å²) in [5, 5.41) is 3.36. The Hall–Kier alpha value is -0.900. The highest BCUT2D eigenvalue weighted by Gasteiger charge is 2.52. The number of carbonyl (C=O) groups excluding carboxylic acids is 2. The van der Waals surface area contributed by atoms with Crippen LogP contribution < -0.4 is 5.32 Å². The van der Waals surface area contributed by atoms with Gasteiger partial charge in [0.1, 0.15) is 0 Å². The zero-order chi connectivity index (χ0) is 13.5. The number of likely N-dealkylation sites (tertiary alicyclic amines) is 1. The van der Waals surface area contributed by atoms with Crippen LogP contribution in [0.1, 0.15) is 47.0 Å². The molecule has 0 aromatic carbocycles. The molecule has 0 bridgehead atoms. The van der Waals surface area contributed by atoms with Crippen LogP contribution in [0.5, 0.6) is 0 Å². The van der Waals surface area contributed by atoms with Gasteiger partial charge in [0.2, 0.25) is 11.8 Å². The summed E-state index contributed by atoms with van der Waals surface area (Å²) in [6, 6.07) is 0.250. The molecule has 18 heavy (non-hydrogen) atoms. The third-order valence-electron chi connectivity index (χ3n) is 4.82. The van der Waals surface area contributed by atoms with Crippen molar-refractivity contribution in [2.45, 2.75) is 59.0 Å². The second kappa shape index (κ2) is 4.65.